The van der Waals surface area contributed by atoms with Crippen molar-refractivity contribution in [2.45, 2.75) is 57.5 Å². The maximum Gasteiger partial charge on any atom is 0.524 e. The Labute approximate surface area is 240 Å². The van der Waals surface area contributed by atoms with Gasteiger partial charge in [0, 0.05) is 6.42 Å². The van der Waals surface area contributed by atoms with Crippen molar-refractivity contribution >= 4 is 23.6 Å². The third-order valence-electron chi connectivity index (χ3n) is 6.21. The maximum absolute atomic E-state index is 13.3. The highest BCUT2D eigenvalue weighted by molar-refractivity contribution is 7.92. The first-order valence-corrected chi connectivity index (χ1v) is 15.8. The van der Waals surface area contributed by atoms with Crippen LogP contribution >= 0.6 is 7.82 Å². The number of hydrogen-bond donors (Lipinski definition) is 3. The molecule has 3 N–H and O–H groups in total. The summed E-state index contributed by atoms with van der Waals surface area (Å²) < 4.78 is 84.0. The summed E-state index contributed by atoms with van der Waals surface area (Å²) in [5.41, 5.74) is 0.239. The van der Waals surface area contributed by atoms with Crippen LogP contribution in [0.25, 0.3) is 0 Å². The van der Waals surface area contributed by atoms with Crippen molar-refractivity contribution in [3.05, 3.63) is 76.9 Å². The maximum atomic E-state index is 13.3. The zero-order valence-corrected chi connectivity index (χ0v) is 24.8. The molecule has 0 radical (unpaired) electrons. The summed E-state index contributed by atoms with van der Waals surface area (Å²) in [6.07, 6.45) is -4.40. The first-order chi connectivity index (χ1) is 19.2. The molecular formula is C26H31F3N3O8PS. The number of alkyl halides is 3. The lowest BCUT2D eigenvalue weighted by molar-refractivity contribution is -0.137. The third kappa shape index (κ3) is 9.38. The topological polar surface area (TPSA) is 169 Å². The summed E-state index contributed by atoms with van der Waals surface area (Å²) in [6.45, 7) is 6.11. The summed E-state index contributed by atoms with van der Waals surface area (Å²) >= 11 is 0. The largest absolute Gasteiger partial charge is 0.524 e. The molecule has 11 nitrogen and oxygen atoms in total. The number of hydrogen-bond acceptors (Lipinski definition) is 8. The minimum absolute atomic E-state index is 0.0154. The highest BCUT2D eigenvalue weighted by Crippen LogP contribution is 2.37. The first-order valence-electron chi connectivity index (χ1n) is 12.6. The molecule has 0 fully saturated rings. The van der Waals surface area contributed by atoms with Crippen LogP contribution in [0.2, 0.25) is 0 Å². The van der Waals surface area contributed by atoms with E-state index in [1.165, 1.54) is 57.2 Å². The van der Waals surface area contributed by atoms with Crippen molar-refractivity contribution < 1.29 is 49.8 Å². The van der Waals surface area contributed by atoms with Gasteiger partial charge in [0.05, 0.1) is 22.0 Å². The summed E-state index contributed by atoms with van der Waals surface area (Å²) in [5.74, 6) is -2.07. The zero-order valence-electron chi connectivity index (χ0n) is 23.1. The van der Waals surface area contributed by atoms with Crippen LogP contribution in [0.3, 0.4) is 0 Å². The fraction of sp³-hybridized carbons (Fsp3) is 0.423. The number of rotatable bonds is 11. The molecule has 0 aliphatic rings. The van der Waals surface area contributed by atoms with Crippen LogP contribution in [-0.2, 0) is 38.2 Å². The Morgan fingerprint density at radius 1 is 1.05 bits per heavy atom. The smallest absolute Gasteiger partial charge is 0.404 e. The molecule has 16 heteroatoms. The van der Waals surface area contributed by atoms with Crippen LogP contribution in [-0.4, -0.2) is 44.8 Å². The van der Waals surface area contributed by atoms with E-state index in [0.717, 1.165) is 12.1 Å². The minimum atomic E-state index is -4.77. The van der Waals surface area contributed by atoms with Crippen molar-refractivity contribution in [2.75, 3.05) is 5.75 Å². The van der Waals surface area contributed by atoms with Gasteiger partial charge in [-0.15, -0.1) is 0 Å². The molecule has 0 spiro atoms. The highest BCUT2D eigenvalue weighted by Gasteiger charge is 2.35. The molecule has 0 aliphatic carbocycles. The van der Waals surface area contributed by atoms with Gasteiger partial charge in [-0.3, -0.25) is 14.6 Å². The number of benzene rings is 2. The molecule has 0 unspecified atom stereocenters. The molecule has 0 saturated heterocycles. The first kappa shape index (κ1) is 33.2. The van der Waals surface area contributed by atoms with Crippen molar-refractivity contribution in [2.24, 2.45) is 5.92 Å². The number of carbonyl (C=O) groups excluding carboxylic acids is 1. The van der Waals surface area contributed by atoms with E-state index in [2.05, 4.69) is 20.0 Å². The molecule has 42 heavy (non-hydrogen) atoms. The third-order valence-corrected chi connectivity index (χ3v) is 9.37. The molecule has 1 heterocycles. The number of phosphoric acid groups is 1. The Bertz CT molecular complexity index is 1530. The Kier molecular flexibility index (Phi) is 9.92. The Morgan fingerprint density at radius 2 is 1.62 bits per heavy atom. The van der Waals surface area contributed by atoms with E-state index in [0.29, 0.717) is 11.1 Å². The second kappa shape index (κ2) is 12.5. The van der Waals surface area contributed by atoms with Crippen LogP contribution in [0, 0.1) is 5.92 Å². The second-order valence-corrected chi connectivity index (χ2v) is 14.6. The number of amides is 1. The summed E-state index contributed by atoms with van der Waals surface area (Å²) in [7, 11) is -8.52. The predicted molar refractivity (Wildman–Crippen MR) is 145 cm³/mol. The van der Waals surface area contributed by atoms with E-state index in [9.17, 15) is 30.9 Å². The average Bonchev–Trinajstić information content (AvgIpc) is 3.31. The lowest BCUT2D eigenvalue weighted by Crippen LogP contribution is -2.41. The van der Waals surface area contributed by atoms with E-state index in [4.69, 9.17) is 14.3 Å². The van der Waals surface area contributed by atoms with Crippen LogP contribution < -0.4 is 9.84 Å². The Balaban J connectivity index is 1.74. The van der Waals surface area contributed by atoms with E-state index < -0.39 is 57.8 Å². The Hall–Kier alpha value is -3.26. The standard InChI is InChI=1S/C26H31F3N3O8PS/c1-16(24-31-22(32-39-24)14-18-5-9-20(10-6-18)26(27,28)29)30-23(33)19(15-42(37,38)25(2,3)4)13-17-7-11-21(12-8-17)40-41(34,35)36/h5-12,16,19H,13-15H2,1-4H3,(H,30,33)(H2,34,35,36)/t16-,19+/m0/s1. The fourth-order valence-corrected chi connectivity index (χ4v) is 5.45. The molecule has 2 aromatic carbocycles. The molecule has 1 amide bonds. The van der Waals surface area contributed by atoms with Gasteiger partial charge in [-0.2, -0.15) is 18.2 Å². The predicted octanol–water partition coefficient (Wildman–Crippen LogP) is 4.40. The lowest BCUT2D eigenvalue weighted by atomic mass is 9.99. The number of nitrogens with one attached hydrogen (secondary N) is 1. The van der Waals surface area contributed by atoms with Gasteiger partial charge in [-0.25, -0.2) is 13.0 Å². The van der Waals surface area contributed by atoms with Crippen molar-refractivity contribution in [3.63, 3.8) is 0 Å². The molecule has 0 bridgehead atoms. The van der Waals surface area contributed by atoms with E-state index in [1.807, 2.05) is 0 Å². The number of halogens is 3. The van der Waals surface area contributed by atoms with Crippen molar-refractivity contribution in [3.8, 4) is 5.75 Å². The molecule has 0 aliphatic heterocycles. The van der Waals surface area contributed by atoms with Crippen molar-refractivity contribution in [1.82, 2.24) is 15.5 Å². The molecular weight excluding hydrogens is 602 g/mol. The summed E-state index contributed by atoms with van der Waals surface area (Å²) in [5, 5.41) is 6.51. The fourth-order valence-electron chi connectivity index (χ4n) is 3.75. The average molecular weight is 634 g/mol. The SMILES string of the molecule is C[C@H](NC(=O)[C@H](Cc1ccc(OP(=O)(O)O)cc1)CS(=O)(=O)C(C)(C)C)c1nc(Cc2ccc(C(F)(F)F)cc2)no1. The number of aromatic nitrogens is 2. The van der Waals surface area contributed by atoms with Gasteiger partial charge in [0.1, 0.15) is 11.8 Å². The number of carbonyl (C=O) groups is 1. The minimum Gasteiger partial charge on any atom is -0.404 e. The molecule has 0 saturated carbocycles. The van der Waals surface area contributed by atoms with Gasteiger partial charge in [-0.1, -0.05) is 29.4 Å². The highest BCUT2D eigenvalue weighted by atomic mass is 32.2. The van der Waals surface area contributed by atoms with Crippen LogP contribution in [0.5, 0.6) is 5.75 Å². The molecule has 3 aromatic rings. The van der Waals surface area contributed by atoms with Crippen LogP contribution in [0.1, 0.15) is 62.1 Å². The van der Waals surface area contributed by atoms with Gasteiger partial charge in [0.15, 0.2) is 15.7 Å². The quantitative estimate of drug-likeness (QED) is 0.257. The molecule has 1 aromatic heterocycles. The Morgan fingerprint density at radius 3 is 2.14 bits per heavy atom. The molecule has 3 rings (SSSR count). The number of phosphoric ester groups is 1. The monoisotopic (exact) mass is 633 g/mol. The summed E-state index contributed by atoms with van der Waals surface area (Å²) in [4.78, 5) is 35.5. The van der Waals surface area contributed by atoms with Gasteiger partial charge >= 0.3 is 14.0 Å². The second-order valence-electron chi connectivity index (χ2n) is 10.7. The normalized spacial score (nSPS) is 14.3. The zero-order chi connectivity index (χ0) is 31.5. The number of sulfone groups is 1. The molecule has 230 valence electrons. The number of nitrogens with zero attached hydrogens (tertiary/aromatic N) is 2. The van der Waals surface area contributed by atoms with E-state index in [1.54, 1.807) is 6.92 Å². The summed E-state index contributed by atoms with van der Waals surface area (Å²) in [6, 6.07) is 9.18. The van der Waals surface area contributed by atoms with Gasteiger partial charge in [0.2, 0.25) is 11.8 Å². The van der Waals surface area contributed by atoms with Gasteiger partial charge in [-0.05, 0) is 69.5 Å². The lowest BCUT2D eigenvalue weighted by Gasteiger charge is -2.24. The van der Waals surface area contributed by atoms with E-state index in [-0.39, 0.29) is 30.3 Å². The van der Waals surface area contributed by atoms with Crippen LogP contribution in [0.15, 0.2) is 53.1 Å². The van der Waals surface area contributed by atoms with E-state index >= 15 is 0 Å². The van der Waals surface area contributed by atoms with Gasteiger partial charge in [0.25, 0.3) is 0 Å². The van der Waals surface area contributed by atoms with Gasteiger partial charge < -0.3 is 14.4 Å². The van der Waals surface area contributed by atoms with Crippen molar-refractivity contribution in [1.29, 1.82) is 0 Å². The molecule has 2 atom stereocenters. The van der Waals surface area contributed by atoms with Crippen LogP contribution in [0.4, 0.5) is 13.2 Å².